The van der Waals surface area contributed by atoms with Crippen LogP contribution >= 0.6 is 0 Å². The number of rotatable bonds is 6. The first-order chi connectivity index (χ1) is 14.0. The van der Waals surface area contributed by atoms with Crippen LogP contribution in [0.15, 0.2) is 48.5 Å². The summed E-state index contributed by atoms with van der Waals surface area (Å²) in [4.78, 5) is 20.6. The highest BCUT2D eigenvalue weighted by Gasteiger charge is 2.29. The number of hydrogen-bond donors (Lipinski definition) is 1. The largest absolute Gasteiger partial charge is 0.487 e. The molecule has 29 heavy (non-hydrogen) atoms. The molecule has 0 amide bonds. The summed E-state index contributed by atoms with van der Waals surface area (Å²) in [6.45, 7) is 4.76. The topological polar surface area (TPSA) is 83.0 Å². The van der Waals surface area contributed by atoms with Crippen molar-refractivity contribution in [3.63, 3.8) is 0 Å². The van der Waals surface area contributed by atoms with Crippen LogP contribution in [0.3, 0.4) is 0 Å². The lowest BCUT2D eigenvalue weighted by molar-refractivity contribution is -0.113. The number of nitrogens with two attached hydrogens (primary N) is 1. The fraction of sp³-hybridized carbons (Fsp3) is 0.261. The first kappa shape index (κ1) is 18.9. The number of fused-ring (bicyclic) bond motifs is 1. The smallest absolute Gasteiger partial charge is 0.201 e. The molecule has 2 aromatic heterocycles. The highest BCUT2D eigenvalue weighted by Crippen LogP contribution is 2.32. The Labute approximate surface area is 170 Å². The number of ether oxygens (including phenoxy) is 1. The third-order valence-electron chi connectivity index (χ3n) is 5.17. The lowest BCUT2D eigenvalue weighted by Crippen LogP contribution is -2.22. The minimum absolute atomic E-state index is 0.409. The molecule has 0 bridgehead atoms. The minimum Gasteiger partial charge on any atom is -0.487 e. The lowest BCUT2D eigenvalue weighted by Gasteiger charge is -2.22. The van der Waals surface area contributed by atoms with Gasteiger partial charge in [0.25, 0.3) is 0 Å². The SMILES string of the molecule is Cc1ccc(OCc2ccccc2)c(Cn2c(N)nc3c2C=CC(C)(C=O)C3)n1. The molecule has 6 heteroatoms. The summed E-state index contributed by atoms with van der Waals surface area (Å²) in [6, 6.07) is 13.9. The van der Waals surface area contributed by atoms with Gasteiger partial charge in [0, 0.05) is 17.5 Å². The maximum atomic E-state index is 11.4. The van der Waals surface area contributed by atoms with Crippen molar-refractivity contribution < 1.29 is 9.53 Å². The van der Waals surface area contributed by atoms with E-state index < -0.39 is 5.41 Å². The number of anilines is 1. The minimum atomic E-state index is -0.538. The summed E-state index contributed by atoms with van der Waals surface area (Å²) in [5.74, 6) is 1.13. The number of imidazole rings is 1. The van der Waals surface area contributed by atoms with Crippen LogP contribution in [0.4, 0.5) is 5.95 Å². The molecule has 0 fully saturated rings. The molecule has 1 unspecified atom stereocenters. The Hall–Kier alpha value is -3.41. The van der Waals surface area contributed by atoms with Crippen molar-refractivity contribution in [1.29, 1.82) is 0 Å². The second kappa shape index (κ2) is 7.54. The van der Waals surface area contributed by atoms with Crippen LogP contribution in [-0.2, 0) is 24.4 Å². The van der Waals surface area contributed by atoms with Crippen LogP contribution in [0.2, 0.25) is 0 Å². The molecule has 3 aromatic rings. The summed E-state index contributed by atoms with van der Waals surface area (Å²) in [7, 11) is 0. The van der Waals surface area contributed by atoms with Gasteiger partial charge in [0.05, 0.1) is 17.9 Å². The second-order valence-electron chi connectivity index (χ2n) is 7.69. The van der Waals surface area contributed by atoms with Gasteiger partial charge in [-0.2, -0.15) is 0 Å². The fourth-order valence-electron chi connectivity index (χ4n) is 3.52. The van der Waals surface area contributed by atoms with Gasteiger partial charge in [-0.25, -0.2) is 4.98 Å². The van der Waals surface area contributed by atoms with Crippen molar-refractivity contribution >= 4 is 18.3 Å². The molecule has 0 aliphatic heterocycles. The van der Waals surface area contributed by atoms with E-state index in [0.29, 0.717) is 25.5 Å². The van der Waals surface area contributed by atoms with Crippen LogP contribution in [0.5, 0.6) is 5.75 Å². The third-order valence-corrected chi connectivity index (χ3v) is 5.17. The summed E-state index contributed by atoms with van der Waals surface area (Å²) in [5, 5.41) is 0. The van der Waals surface area contributed by atoms with Crippen LogP contribution in [0.25, 0.3) is 6.08 Å². The van der Waals surface area contributed by atoms with Crippen LogP contribution < -0.4 is 10.5 Å². The van der Waals surface area contributed by atoms with E-state index >= 15 is 0 Å². The number of carbonyl (C=O) groups is 1. The number of hydrogen-bond acceptors (Lipinski definition) is 5. The molecule has 2 N–H and O–H groups in total. The van der Waals surface area contributed by atoms with Gasteiger partial charge in [0.2, 0.25) is 5.95 Å². The average Bonchev–Trinajstić information content (AvgIpc) is 3.02. The van der Waals surface area contributed by atoms with Crippen LogP contribution in [-0.4, -0.2) is 20.8 Å². The number of aromatic nitrogens is 3. The molecule has 0 radical (unpaired) electrons. The van der Waals surface area contributed by atoms with Crippen molar-refractivity contribution in [1.82, 2.24) is 14.5 Å². The van der Waals surface area contributed by atoms with E-state index in [9.17, 15) is 4.79 Å². The third kappa shape index (κ3) is 3.92. The van der Waals surface area contributed by atoms with Crippen molar-refractivity contribution in [2.24, 2.45) is 5.41 Å². The Balaban J connectivity index is 1.62. The number of carbonyl (C=O) groups excluding carboxylic acids is 1. The molecule has 1 aliphatic carbocycles. The monoisotopic (exact) mass is 388 g/mol. The summed E-state index contributed by atoms with van der Waals surface area (Å²) in [6.07, 6.45) is 5.34. The molecule has 0 saturated heterocycles. The fourth-order valence-corrected chi connectivity index (χ4v) is 3.52. The standard InChI is InChI=1S/C23H24N4O2/c1-16-8-9-21(29-14-17-6-4-3-5-7-17)19(25-16)13-27-20-10-11-23(2,15-28)12-18(20)26-22(27)24/h3-11,15H,12-14H2,1-2H3,(H2,24,26). The lowest BCUT2D eigenvalue weighted by atomic mass is 9.83. The number of allylic oxidation sites excluding steroid dienone is 1. The van der Waals surface area contributed by atoms with Gasteiger partial charge in [0.15, 0.2) is 0 Å². The predicted octanol–water partition coefficient (Wildman–Crippen LogP) is 3.57. The molecular weight excluding hydrogens is 364 g/mol. The van der Waals surface area contributed by atoms with Crippen LogP contribution in [0.1, 0.15) is 35.3 Å². The average molecular weight is 388 g/mol. The summed E-state index contributed by atoms with van der Waals surface area (Å²) < 4.78 is 7.98. The summed E-state index contributed by atoms with van der Waals surface area (Å²) >= 11 is 0. The number of aryl methyl sites for hydroxylation is 1. The predicted molar refractivity (Wildman–Crippen MR) is 112 cm³/mol. The molecule has 0 spiro atoms. The number of benzene rings is 1. The zero-order valence-electron chi connectivity index (χ0n) is 16.6. The molecule has 0 saturated carbocycles. The maximum absolute atomic E-state index is 11.4. The van der Waals surface area contributed by atoms with E-state index in [-0.39, 0.29) is 0 Å². The Kier molecular flexibility index (Phi) is 4.92. The Bertz CT molecular complexity index is 1070. The molecule has 1 aromatic carbocycles. The van der Waals surface area contributed by atoms with Crippen LogP contribution in [0, 0.1) is 12.3 Å². The zero-order chi connectivity index (χ0) is 20.4. The van der Waals surface area contributed by atoms with Crippen molar-refractivity contribution in [3.05, 3.63) is 76.9 Å². The normalized spacial score (nSPS) is 17.7. The highest BCUT2D eigenvalue weighted by molar-refractivity contribution is 5.70. The zero-order valence-corrected chi connectivity index (χ0v) is 16.6. The van der Waals surface area contributed by atoms with Gasteiger partial charge in [-0.05, 0) is 37.6 Å². The van der Waals surface area contributed by atoms with E-state index in [1.807, 2.05) is 73.0 Å². The van der Waals surface area contributed by atoms with Gasteiger partial charge < -0.3 is 19.8 Å². The highest BCUT2D eigenvalue weighted by atomic mass is 16.5. The summed E-state index contributed by atoms with van der Waals surface area (Å²) in [5.41, 5.74) is 10.2. The van der Waals surface area contributed by atoms with Gasteiger partial charge >= 0.3 is 0 Å². The molecule has 2 heterocycles. The van der Waals surface area contributed by atoms with Crippen molar-refractivity contribution in [3.8, 4) is 5.75 Å². The van der Waals surface area contributed by atoms with Gasteiger partial charge in [-0.3, -0.25) is 4.98 Å². The van der Waals surface area contributed by atoms with Gasteiger partial charge in [0.1, 0.15) is 24.3 Å². The van der Waals surface area contributed by atoms with Gasteiger partial charge in [-0.1, -0.05) is 36.4 Å². The van der Waals surface area contributed by atoms with Gasteiger partial charge in [-0.15, -0.1) is 0 Å². The molecule has 6 nitrogen and oxygen atoms in total. The van der Waals surface area contributed by atoms with E-state index in [1.165, 1.54) is 0 Å². The first-order valence-corrected chi connectivity index (χ1v) is 9.61. The number of nitrogen functional groups attached to an aromatic ring is 1. The first-order valence-electron chi connectivity index (χ1n) is 9.61. The Morgan fingerprint density at radius 2 is 2.00 bits per heavy atom. The molecule has 148 valence electrons. The van der Waals surface area contributed by atoms with E-state index in [0.717, 1.165) is 40.4 Å². The van der Waals surface area contributed by atoms with Crippen molar-refractivity contribution in [2.75, 3.05) is 5.73 Å². The maximum Gasteiger partial charge on any atom is 0.201 e. The van der Waals surface area contributed by atoms with E-state index in [1.54, 1.807) is 0 Å². The number of pyridine rings is 1. The molecule has 4 rings (SSSR count). The quantitative estimate of drug-likeness (QED) is 0.653. The van der Waals surface area contributed by atoms with E-state index in [4.69, 9.17) is 10.5 Å². The molecule has 1 atom stereocenters. The molecular formula is C23H24N4O2. The van der Waals surface area contributed by atoms with Crippen molar-refractivity contribution in [2.45, 2.75) is 33.4 Å². The molecule has 1 aliphatic rings. The van der Waals surface area contributed by atoms with E-state index in [2.05, 4.69) is 9.97 Å². The Morgan fingerprint density at radius 1 is 1.21 bits per heavy atom. The second-order valence-corrected chi connectivity index (χ2v) is 7.69. The number of aldehydes is 1. The Morgan fingerprint density at radius 3 is 2.76 bits per heavy atom. The number of nitrogens with zero attached hydrogens (tertiary/aromatic N) is 3.